The molecule has 0 fully saturated rings. The molecule has 0 unspecified atom stereocenters. The summed E-state index contributed by atoms with van der Waals surface area (Å²) in [6.07, 6.45) is 0.338. The van der Waals surface area contributed by atoms with Gasteiger partial charge in [0.2, 0.25) is 5.91 Å². The minimum Gasteiger partial charge on any atom is -0.354 e. The SMILES string of the molecule is CC(C)CSc1nnc(SCC(=O)NCCC#N)s1. The third-order valence-corrected chi connectivity index (χ3v) is 5.43. The molecule has 1 aromatic heterocycles. The first-order valence-corrected chi connectivity index (χ1v) is 8.63. The summed E-state index contributed by atoms with van der Waals surface area (Å²) in [5.41, 5.74) is 0. The van der Waals surface area contributed by atoms with E-state index in [0.717, 1.165) is 14.4 Å². The number of rotatable bonds is 8. The van der Waals surface area contributed by atoms with Gasteiger partial charge in [-0.2, -0.15) is 5.26 Å². The summed E-state index contributed by atoms with van der Waals surface area (Å²) in [6, 6.07) is 1.98. The molecule has 104 valence electrons. The second kappa shape index (κ2) is 9.18. The Bertz CT molecular complexity index is 441. The van der Waals surface area contributed by atoms with Crippen LogP contribution in [0, 0.1) is 17.2 Å². The fourth-order valence-electron chi connectivity index (χ4n) is 0.988. The predicted molar refractivity (Wildman–Crippen MR) is 79.4 cm³/mol. The summed E-state index contributed by atoms with van der Waals surface area (Å²) >= 11 is 4.59. The van der Waals surface area contributed by atoms with Gasteiger partial charge in [-0.1, -0.05) is 48.7 Å². The van der Waals surface area contributed by atoms with Gasteiger partial charge in [-0.15, -0.1) is 10.2 Å². The van der Waals surface area contributed by atoms with Gasteiger partial charge < -0.3 is 5.32 Å². The molecule has 0 aliphatic carbocycles. The molecular weight excluding hydrogens is 300 g/mol. The summed E-state index contributed by atoms with van der Waals surface area (Å²) in [5.74, 6) is 1.88. The van der Waals surface area contributed by atoms with Crippen molar-refractivity contribution in [3.8, 4) is 6.07 Å². The molecule has 0 aliphatic heterocycles. The highest BCUT2D eigenvalue weighted by atomic mass is 32.2. The molecule has 0 bridgehead atoms. The van der Waals surface area contributed by atoms with E-state index in [0.29, 0.717) is 24.6 Å². The molecule has 1 amide bonds. The van der Waals surface area contributed by atoms with Crippen LogP contribution in [0.25, 0.3) is 0 Å². The average Bonchev–Trinajstić information content (AvgIpc) is 2.82. The van der Waals surface area contributed by atoms with Crippen LogP contribution < -0.4 is 5.32 Å². The van der Waals surface area contributed by atoms with Gasteiger partial charge in [0.25, 0.3) is 0 Å². The Morgan fingerprint density at radius 3 is 2.74 bits per heavy atom. The minimum absolute atomic E-state index is 0.0770. The first-order chi connectivity index (χ1) is 9.11. The first-order valence-electron chi connectivity index (χ1n) is 5.84. The fourth-order valence-corrected chi connectivity index (χ4v) is 3.81. The number of amides is 1. The molecule has 1 aromatic rings. The van der Waals surface area contributed by atoms with Crippen molar-refractivity contribution in [2.24, 2.45) is 5.92 Å². The Balaban J connectivity index is 2.26. The lowest BCUT2D eigenvalue weighted by molar-refractivity contribution is -0.118. The standard InChI is InChI=1S/C11H16N4OS3/c1-8(2)6-17-10-14-15-11(19-10)18-7-9(16)13-5-3-4-12/h8H,3,5-7H2,1-2H3,(H,13,16). The molecule has 19 heavy (non-hydrogen) atoms. The molecule has 5 nitrogen and oxygen atoms in total. The summed E-state index contributed by atoms with van der Waals surface area (Å²) in [7, 11) is 0. The number of carbonyl (C=O) groups excluding carboxylic acids is 1. The summed E-state index contributed by atoms with van der Waals surface area (Å²) in [4.78, 5) is 11.4. The van der Waals surface area contributed by atoms with Crippen molar-refractivity contribution in [3.63, 3.8) is 0 Å². The summed E-state index contributed by atoms with van der Waals surface area (Å²) < 4.78 is 1.75. The van der Waals surface area contributed by atoms with Crippen molar-refractivity contribution >= 4 is 40.8 Å². The van der Waals surface area contributed by atoms with Gasteiger partial charge >= 0.3 is 0 Å². The average molecular weight is 316 g/mol. The van der Waals surface area contributed by atoms with E-state index in [9.17, 15) is 4.79 Å². The highest BCUT2D eigenvalue weighted by Gasteiger charge is 2.08. The maximum absolute atomic E-state index is 11.4. The number of thioether (sulfide) groups is 2. The molecule has 0 aromatic carbocycles. The molecule has 0 aliphatic rings. The predicted octanol–water partition coefficient (Wildman–Crippen LogP) is 2.41. The smallest absolute Gasteiger partial charge is 0.230 e. The van der Waals surface area contributed by atoms with Crippen molar-refractivity contribution < 1.29 is 4.79 Å². The molecule has 0 radical (unpaired) electrons. The van der Waals surface area contributed by atoms with E-state index in [1.807, 2.05) is 6.07 Å². The van der Waals surface area contributed by atoms with Gasteiger partial charge in [0.05, 0.1) is 18.2 Å². The van der Waals surface area contributed by atoms with Crippen LogP contribution in [-0.2, 0) is 4.79 Å². The van der Waals surface area contributed by atoms with Crippen molar-refractivity contribution in [1.29, 1.82) is 5.26 Å². The lowest BCUT2D eigenvalue weighted by Gasteiger charge is -2.00. The number of nitrogens with one attached hydrogen (secondary N) is 1. The van der Waals surface area contributed by atoms with Gasteiger partial charge in [-0.25, -0.2) is 0 Å². The van der Waals surface area contributed by atoms with E-state index < -0.39 is 0 Å². The molecule has 0 saturated heterocycles. The highest BCUT2D eigenvalue weighted by molar-refractivity contribution is 8.03. The second-order valence-electron chi connectivity index (χ2n) is 4.09. The Hall–Kier alpha value is -0.780. The third kappa shape index (κ3) is 7.40. The van der Waals surface area contributed by atoms with E-state index >= 15 is 0 Å². The van der Waals surface area contributed by atoms with E-state index in [4.69, 9.17) is 5.26 Å². The van der Waals surface area contributed by atoms with Crippen LogP contribution in [-0.4, -0.2) is 34.2 Å². The van der Waals surface area contributed by atoms with Crippen molar-refractivity contribution in [2.45, 2.75) is 28.9 Å². The van der Waals surface area contributed by atoms with Crippen molar-refractivity contribution in [3.05, 3.63) is 0 Å². The van der Waals surface area contributed by atoms with Crippen LogP contribution in [0.2, 0.25) is 0 Å². The topological polar surface area (TPSA) is 78.7 Å². The van der Waals surface area contributed by atoms with Gasteiger partial charge in [0.1, 0.15) is 0 Å². The molecule has 1 heterocycles. The van der Waals surface area contributed by atoms with Gasteiger partial charge in [0, 0.05) is 12.3 Å². The second-order valence-corrected chi connectivity index (χ2v) is 7.55. The number of nitriles is 1. The van der Waals surface area contributed by atoms with Gasteiger partial charge in [-0.05, 0) is 5.92 Å². The fraction of sp³-hybridized carbons (Fsp3) is 0.636. The number of hydrogen-bond donors (Lipinski definition) is 1. The molecule has 0 spiro atoms. The van der Waals surface area contributed by atoms with E-state index in [2.05, 4.69) is 29.4 Å². The lowest BCUT2D eigenvalue weighted by Crippen LogP contribution is -2.25. The first kappa shape index (κ1) is 16.3. The number of nitrogens with zero attached hydrogens (tertiary/aromatic N) is 3. The number of aromatic nitrogens is 2. The zero-order valence-corrected chi connectivity index (χ0v) is 13.3. The van der Waals surface area contributed by atoms with E-state index in [1.54, 1.807) is 11.8 Å². The molecule has 1 rings (SSSR count). The van der Waals surface area contributed by atoms with E-state index in [1.165, 1.54) is 23.1 Å². The van der Waals surface area contributed by atoms with Crippen LogP contribution in [0.5, 0.6) is 0 Å². The van der Waals surface area contributed by atoms with Crippen molar-refractivity contribution in [2.75, 3.05) is 18.1 Å². The molecule has 0 saturated carbocycles. The Morgan fingerprint density at radius 2 is 2.11 bits per heavy atom. The number of hydrogen-bond acceptors (Lipinski definition) is 7. The van der Waals surface area contributed by atoms with Crippen LogP contribution in [0.4, 0.5) is 0 Å². The molecular formula is C11H16N4OS3. The lowest BCUT2D eigenvalue weighted by atomic mass is 10.3. The van der Waals surface area contributed by atoms with Crippen molar-refractivity contribution in [1.82, 2.24) is 15.5 Å². The maximum Gasteiger partial charge on any atom is 0.230 e. The van der Waals surface area contributed by atoms with Crippen LogP contribution >= 0.6 is 34.9 Å². The number of carbonyl (C=O) groups is 1. The van der Waals surface area contributed by atoms with Crippen LogP contribution in [0.3, 0.4) is 0 Å². The molecule has 8 heteroatoms. The molecule has 1 N–H and O–H groups in total. The third-order valence-electron chi connectivity index (χ3n) is 1.81. The molecule has 0 atom stereocenters. The van der Waals surface area contributed by atoms with Crippen LogP contribution in [0.1, 0.15) is 20.3 Å². The largest absolute Gasteiger partial charge is 0.354 e. The Labute approximate surface area is 125 Å². The zero-order chi connectivity index (χ0) is 14.1. The normalized spacial score (nSPS) is 10.4. The quantitative estimate of drug-likeness (QED) is 0.586. The summed E-state index contributed by atoms with van der Waals surface area (Å²) in [5, 5.41) is 19.1. The minimum atomic E-state index is -0.0770. The monoisotopic (exact) mass is 316 g/mol. The van der Waals surface area contributed by atoms with E-state index in [-0.39, 0.29) is 5.91 Å². The Kier molecular flexibility index (Phi) is 7.86. The zero-order valence-electron chi connectivity index (χ0n) is 10.9. The van der Waals surface area contributed by atoms with Gasteiger partial charge in [0.15, 0.2) is 8.68 Å². The maximum atomic E-state index is 11.4. The van der Waals surface area contributed by atoms with Crippen LogP contribution in [0.15, 0.2) is 8.68 Å². The summed E-state index contributed by atoms with van der Waals surface area (Å²) in [6.45, 7) is 4.73. The highest BCUT2D eigenvalue weighted by Crippen LogP contribution is 2.29. The Morgan fingerprint density at radius 1 is 1.42 bits per heavy atom. The van der Waals surface area contributed by atoms with Gasteiger partial charge in [-0.3, -0.25) is 4.79 Å².